The van der Waals surface area contributed by atoms with Gasteiger partial charge >= 0.3 is 0 Å². The fourth-order valence-corrected chi connectivity index (χ4v) is 3.86. The van der Waals surface area contributed by atoms with Crippen LogP contribution in [0.1, 0.15) is 50.1 Å². The van der Waals surface area contributed by atoms with Crippen molar-refractivity contribution < 1.29 is 9.59 Å². The normalized spacial score (nSPS) is 19.9. The Bertz CT molecular complexity index is 576. The second-order valence-corrected chi connectivity index (χ2v) is 7.34. The van der Waals surface area contributed by atoms with Gasteiger partial charge in [0.25, 0.3) is 0 Å². The lowest BCUT2D eigenvalue weighted by Crippen LogP contribution is -2.41. The highest BCUT2D eigenvalue weighted by Gasteiger charge is 2.27. The molecule has 1 atom stereocenters. The smallest absolute Gasteiger partial charge is 0.224 e. The lowest BCUT2D eigenvalue weighted by Gasteiger charge is -2.33. The predicted octanol–water partition coefficient (Wildman–Crippen LogP) is 2.33. The first-order chi connectivity index (χ1) is 12.1. The number of piperidine rings is 1. The number of likely N-dealkylation sites (tertiary alicyclic amines) is 2. The highest BCUT2D eigenvalue weighted by Crippen LogP contribution is 2.24. The Hall–Kier alpha value is -1.88. The summed E-state index contributed by atoms with van der Waals surface area (Å²) < 4.78 is 0. The molecule has 1 unspecified atom stereocenters. The van der Waals surface area contributed by atoms with Crippen LogP contribution in [0.15, 0.2) is 30.3 Å². The van der Waals surface area contributed by atoms with E-state index in [2.05, 4.69) is 0 Å². The molecule has 2 saturated heterocycles. The Morgan fingerprint density at radius 2 is 1.56 bits per heavy atom. The van der Waals surface area contributed by atoms with E-state index in [9.17, 15) is 9.59 Å². The molecule has 2 fully saturated rings. The molecule has 0 saturated carbocycles. The van der Waals surface area contributed by atoms with Crippen molar-refractivity contribution in [3.05, 3.63) is 35.9 Å². The van der Waals surface area contributed by atoms with E-state index in [4.69, 9.17) is 5.73 Å². The summed E-state index contributed by atoms with van der Waals surface area (Å²) in [4.78, 5) is 28.7. The van der Waals surface area contributed by atoms with Crippen LogP contribution in [-0.2, 0) is 9.59 Å². The van der Waals surface area contributed by atoms with Gasteiger partial charge in [-0.1, -0.05) is 30.3 Å². The molecule has 3 rings (SSSR count). The fraction of sp³-hybridized carbons (Fsp3) is 0.600. The molecule has 0 radical (unpaired) electrons. The van der Waals surface area contributed by atoms with Gasteiger partial charge in [-0.25, -0.2) is 0 Å². The van der Waals surface area contributed by atoms with Crippen LogP contribution in [0.25, 0.3) is 0 Å². The molecule has 0 spiro atoms. The average molecular weight is 343 g/mol. The second-order valence-electron chi connectivity index (χ2n) is 7.34. The third-order valence-corrected chi connectivity index (χ3v) is 5.51. The minimum Gasteiger partial charge on any atom is -0.343 e. The molecule has 25 heavy (non-hydrogen) atoms. The first-order valence-electron chi connectivity index (χ1n) is 9.49. The molecule has 1 aromatic rings. The van der Waals surface area contributed by atoms with Gasteiger partial charge in [-0.3, -0.25) is 9.59 Å². The molecule has 5 heteroatoms. The Kier molecular flexibility index (Phi) is 6.08. The first kappa shape index (κ1) is 17.9. The number of nitrogens with two attached hydrogens (primary N) is 1. The topological polar surface area (TPSA) is 66.6 Å². The zero-order valence-electron chi connectivity index (χ0n) is 14.9. The van der Waals surface area contributed by atoms with Gasteiger partial charge in [0, 0.05) is 45.1 Å². The van der Waals surface area contributed by atoms with E-state index in [-0.39, 0.29) is 11.9 Å². The van der Waals surface area contributed by atoms with E-state index < -0.39 is 0 Å². The van der Waals surface area contributed by atoms with Gasteiger partial charge in [0.1, 0.15) is 0 Å². The summed E-state index contributed by atoms with van der Waals surface area (Å²) in [6, 6.07) is 9.53. The van der Waals surface area contributed by atoms with E-state index in [0.29, 0.717) is 24.7 Å². The fourth-order valence-electron chi connectivity index (χ4n) is 3.86. The van der Waals surface area contributed by atoms with Crippen LogP contribution < -0.4 is 5.73 Å². The Labute approximate surface area is 150 Å². The van der Waals surface area contributed by atoms with Crippen molar-refractivity contribution in [1.82, 2.24) is 9.80 Å². The van der Waals surface area contributed by atoms with Gasteiger partial charge in [-0.05, 0) is 37.2 Å². The molecule has 1 aromatic carbocycles. The molecule has 0 aliphatic carbocycles. The van der Waals surface area contributed by atoms with Gasteiger partial charge in [0.05, 0.1) is 0 Å². The summed E-state index contributed by atoms with van der Waals surface area (Å²) >= 11 is 0. The van der Waals surface area contributed by atoms with Gasteiger partial charge in [-0.15, -0.1) is 0 Å². The number of amides is 2. The van der Waals surface area contributed by atoms with Crippen molar-refractivity contribution in [3.8, 4) is 0 Å². The Balaban J connectivity index is 1.42. The maximum atomic E-state index is 12.5. The largest absolute Gasteiger partial charge is 0.343 e. The number of rotatable bonds is 5. The predicted molar refractivity (Wildman–Crippen MR) is 97.7 cm³/mol. The van der Waals surface area contributed by atoms with Crippen LogP contribution in [0.2, 0.25) is 0 Å². The zero-order chi connectivity index (χ0) is 17.6. The second kappa shape index (κ2) is 8.48. The minimum absolute atomic E-state index is 0.126. The van der Waals surface area contributed by atoms with Crippen molar-refractivity contribution in [2.24, 2.45) is 11.7 Å². The van der Waals surface area contributed by atoms with E-state index in [0.717, 1.165) is 57.4 Å². The van der Waals surface area contributed by atoms with Gasteiger partial charge in [0.2, 0.25) is 11.8 Å². The molecule has 2 heterocycles. The summed E-state index contributed by atoms with van der Waals surface area (Å²) in [5, 5.41) is 0. The summed E-state index contributed by atoms with van der Waals surface area (Å²) in [6.07, 6.45) is 5.12. The third kappa shape index (κ3) is 4.82. The van der Waals surface area contributed by atoms with Crippen molar-refractivity contribution in [2.75, 3.05) is 26.2 Å². The number of carbonyl (C=O) groups excluding carboxylic acids is 2. The van der Waals surface area contributed by atoms with Crippen molar-refractivity contribution >= 4 is 11.8 Å². The van der Waals surface area contributed by atoms with Crippen molar-refractivity contribution in [2.45, 2.75) is 44.6 Å². The summed E-state index contributed by atoms with van der Waals surface area (Å²) in [5.41, 5.74) is 7.17. The maximum Gasteiger partial charge on any atom is 0.224 e. The number of carbonyl (C=O) groups is 2. The van der Waals surface area contributed by atoms with Crippen LogP contribution in [0, 0.1) is 5.92 Å². The number of nitrogens with zero attached hydrogens (tertiary/aromatic N) is 2. The van der Waals surface area contributed by atoms with E-state index >= 15 is 0 Å². The molecule has 2 amide bonds. The molecule has 0 aromatic heterocycles. The highest BCUT2D eigenvalue weighted by atomic mass is 16.2. The summed E-state index contributed by atoms with van der Waals surface area (Å²) in [6.45, 7) is 3.34. The highest BCUT2D eigenvalue weighted by molar-refractivity contribution is 5.78. The van der Waals surface area contributed by atoms with Crippen LogP contribution in [0.5, 0.6) is 0 Å². The number of hydrogen-bond donors (Lipinski definition) is 1. The quantitative estimate of drug-likeness (QED) is 0.892. The molecule has 5 nitrogen and oxygen atoms in total. The third-order valence-electron chi connectivity index (χ3n) is 5.51. The van der Waals surface area contributed by atoms with E-state index in [1.54, 1.807) is 0 Å². The van der Waals surface area contributed by atoms with E-state index in [1.807, 2.05) is 40.1 Å². The van der Waals surface area contributed by atoms with E-state index in [1.165, 1.54) is 0 Å². The first-order valence-corrected chi connectivity index (χ1v) is 9.49. The summed E-state index contributed by atoms with van der Waals surface area (Å²) in [5.74, 6) is 0.842. The molecule has 136 valence electrons. The van der Waals surface area contributed by atoms with Gasteiger partial charge in [0.15, 0.2) is 0 Å². The Morgan fingerprint density at radius 1 is 0.960 bits per heavy atom. The number of hydrogen-bond acceptors (Lipinski definition) is 3. The van der Waals surface area contributed by atoms with Crippen molar-refractivity contribution in [1.29, 1.82) is 0 Å². The Morgan fingerprint density at radius 3 is 2.20 bits per heavy atom. The SMILES string of the molecule is NC(CC(=O)N1CCC(CC(=O)N2CCCC2)CC1)c1ccccc1. The van der Waals surface area contributed by atoms with Crippen LogP contribution in [-0.4, -0.2) is 47.8 Å². The molecule has 2 N–H and O–H groups in total. The van der Waals surface area contributed by atoms with Crippen LogP contribution in [0.4, 0.5) is 0 Å². The zero-order valence-corrected chi connectivity index (χ0v) is 14.9. The molecule has 2 aliphatic heterocycles. The van der Waals surface area contributed by atoms with Gasteiger partial charge < -0.3 is 15.5 Å². The van der Waals surface area contributed by atoms with Crippen LogP contribution in [0.3, 0.4) is 0 Å². The average Bonchev–Trinajstić information content (AvgIpc) is 3.18. The molecule has 0 bridgehead atoms. The monoisotopic (exact) mass is 343 g/mol. The maximum absolute atomic E-state index is 12.5. The molecule has 2 aliphatic rings. The number of benzene rings is 1. The van der Waals surface area contributed by atoms with Gasteiger partial charge in [-0.2, -0.15) is 0 Å². The summed E-state index contributed by atoms with van der Waals surface area (Å²) in [7, 11) is 0. The molecular formula is C20H29N3O2. The minimum atomic E-state index is -0.247. The lowest BCUT2D eigenvalue weighted by molar-refractivity contribution is -0.134. The standard InChI is InChI=1S/C20H29N3O2/c21-18(17-6-2-1-3-7-17)15-20(25)23-12-8-16(9-13-23)14-19(24)22-10-4-5-11-22/h1-3,6-7,16,18H,4-5,8-15,21H2. The lowest BCUT2D eigenvalue weighted by atomic mass is 9.92. The van der Waals surface area contributed by atoms with Crippen molar-refractivity contribution in [3.63, 3.8) is 0 Å². The van der Waals surface area contributed by atoms with Crippen LogP contribution >= 0.6 is 0 Å². The molecular weight excluding hydrogens is 314 g/mol.